The van der Waals surface area contributed by atoms with Gasteiger partial charge in [0.1, 0.15) is 0 Å². The summed E-state index contributed by atoms with van der Waals surface area (Å²) >= 11 is 0. The molecule has 0 saturated heterocycles. The maximum Gasteiger partial charge on any atom is 0.339 e. The van der Waals surface area contributed by atoms with Gasteiger partial charge in [-0.2, -0.15) is 9.38 Å². The fourth-order valence-electron chi connectivity index (χ4n) is 2.15. The largest absolute Gasteiger partial charge is 0.339 e. The fourth-order valence-corrected chi connectivity index (χ4v) is 2.15. The summed E-state index contributed by atoms with van der Waals surface area (Å²) in [6, 6.07) is 5.14. The van der Waals surface area contributed by atoms with Gasteiger partial charge in [-0.3, -0.25) is 14.4 Å². The Morgan fingerprint density at radius 3 is 2.25 bits per heavy atom. The van der Waals surface area contributed by atoms with Crippen LogP contribution in [0.5, 0.6) is 0 Å². The number of nitrogens with zero attached hydrogens (tertiary/aromatic N) is 3. The lowest BCUT2D eigenvalue weighted by Crippen LogP contribution is -2.49. The van der Waals surface area contributed by atoms with E-state index in [1.807, 2.05) is 13.8 Å². The molecule has 0 N–H and O–H groups in total. The number of alkyl halides is 2. The van der Waals surface area contributed by atoms with E-state index >= 15 is 0 Å². The molecule has 126 valence electrons. The first kappa shape index (κ1) is 17.4. The molecule has 0 saturated carbocycles. The van der Waals surface area contributed by atoms with Gasteiger partial charge in [-0.05, 0) is 37.1 Å². The van der Waals surface area contributed by atoms with Gasteiger partial charge in [0.15, 0.2) is 0 Å². The van der Waals surface area contributed by atoms with Gasteiger partial charge in [0.05, 0.1) is 11.8 Å². The second kappa shape index (κ2) is 6.65. The van der Waals surface area contributed by atoms with Crippen molar-refractivity contribution in [2.24, 2.45) is 4.99 Å². The van der Waals surface area contributed by atoms with Gasteiger partial charge in [-0.1, -0.05) is 6.07 Å². The number of benzene rings is 1. The molecule has 0 aromatic heterocycles. The standard InChI is InChI=1S/C14H10FN3O3.CH2F2/c1-7-3-4-9(5-8(7)2)17-11(19)6-10(15)18-13(21)12(20)16-14(17)18;2-1-3/h3-6H,1-2H3;1H2. The molecule has 3 amide bonds. The lowest BCUT2D eigenvalue weighted by atomic mass is 10.1. The summed E-state index contributed by atoms with van der Waals surface area (Å²) in [6.45, 7) is 2.01. The van der Waals surface area contributed by atoms with Crippen LogP contribution in [0.4, 0.5) is 18.9 Å². The quantitative estimate of drug-likeness (QED) is 0.581. The molecule has 1 aromatic rings. The van der Waals surface area contributed by atoms with Gasteiger partial charge in [0.25, 0.3) is 5.91 Å². The Morgan fingerprint density at radius 1 is 1.04 bits per heavy atom. The molecule has 24 heavy (non-hydrogen) atoms. The SMILES string of the molecule is Cc1ccc(N2C(=O)C=C(F)N3C(=O)C(=O)N=C32)cc1C.FCF. The maximum atomic E-state index is 13.7. The van der Waals surface area contributed by atoms with E-state index in [2.05, 4.69) is 4.99 Å². The zero-order valence-electron chi connectivity index (χ0n) is 12.7. The van der Waals surface area contributed by atoms with Crippen LogP contribution >= 0.6 is 0 Å². The van der Waals surface area contributed by atoms with E-state index < -0.39 is 30.6 Å². The summed E-state index contributed by atoms with van der Waals surface area (Å²) in [6.07, 6.45) is 0.657. The molecule has 0 bridgehead atoms. The molecule has 0 unspecified atom stereocenters. The number of halogens is 3. The molecule has 1 aromatic carbocycles. The number of amides is 3. The lowest BCUT2D eigenvalue weighted by molar-refractivity contribution is -0.139. The summed E-state index contributed by atoms with van der Waals surface area (Å²) in [4.78, 5) is 40.0. The van der Waals surface area contributed by atoms with E-state index in [1.165, 1.54) is 0 Å². The van der Waals surface area contributed by atoms with Crippen LogP contribution in [0.1, 0.15) is 11.1 Å². The summed E-state index contributed by atoms with van der Waals surface area (Å²) in [5.74, 6) is -4.33. The summed E-state index contributed by atoms with van der Waals surface area (Å²) in [5, 5.41) is 0. The van der Waals surface area contributed by atoms with Gasteiger partial charge >= 0.3 is 11.8 Å². The van der Waals surface area contributed by atoms with Crippen molar-refractivity contribution in [3.8, 4) is 0 Å². The molecule has 2 aliphatic heterocycles. The number of aliphatic imine (C=N–C) groups is 1. The fraction of sp³-hybridized carbons (Fsp3) is 0.200. The summed E-state index contributed by atoms with van der Waals surface area (Å²) in [5.41, 5.74) is 2.35. The van der Waals surface area contributed by atoms with Crippen LogP contribution in [-0.2, 0) is 14.4 Å². The van der Waals surface area contributed by atoms with Crippen molar-refractivity contribution < 1.29 is 27.6 Å². The van der Waals surface area contributed by atoms with Crippen LogP contribution < -0.4 is 4.90 Å². The van der Waals surface area contributed by atoms with Crippen LogP contribution in [0, 0.1) is 13.8 Å². The number of aryl methyl sites for hydroxylation is 2. The molecule has 9 heteroatoms. The third-order valence-electron chi connectivity index (χ3n) is 3.41. The Bertz CT molecular complexity index is 789. The van der Waals surface area contributed by atoms with Crippen molar-refractivity contribution in [3.63, 3.8) is 0 Å². The topological polar surface area (TPSA) is 70.1 Å². The smallest absolute Gasteiger partial charge is 0.269 e. The number of carbonyl (C=O) groups excluding carboxylic acids is 3. The van der Waals surface area contributed by atoms with Crippen molar-refractivity contribution in [2.45, 2.75) is 13.8 Å². The Labute approximate surface area is 134 Å². The molecule has 0 radical (unpaired) electrons. The molecule has 2 aliphatic rings. The van der Waals surface area contributed by atoms with Gasteiger partial charge < -0.3 is 0 Å². The van der Waals surface area contributed by atoms with Crippen molar-refractivity contribution in [1.29, 1.82) is 0 Å². The molecular weight excluding hydrogens is 327 g/mol. The number of hydrogen-bond acceptors (Lipinski definition) is 3. The Morgan fingerprint density at radius 2 is 1.67 bits per heavy atom. The minimum Gasteiger partial charge on any atom is -0.269 e. The van der Waals surface area contributed by atoms with Crippen molar-refractivity contribution in [2.75, 3.05) is 11.8 Å². The second-order valence-corrected chi connectivity index (χ2v) is 4.87. The van der Waals surface area contributed by atoms with E-state index in [9.17, 15) is 27.6 Å². The number of fused-ring (bicyclic) bond motifs is 1. The molecule has 0 aliphatic carbocycles. The number of guanidine groups is 1. The van der Waals surface area contributed by atoms with E-state index in [4.69, 9.17) is 0 Å². The predicted octanol–water partition coefficient (Wildman–Crippen LogP) is 2.07. The Balaban J connectivity index is 0.000000647. The zero-order chi connectivity index (χ0) is 18.0. The number of rotatable bonds is 1. The first-order valence-corrected chi connectivity index (χ1v) is 6.69. The minimum atomic E-state index is -1.75. The van der Waals surface area contributed by atoms with Gasteiger partial charge in [-0.25, -0.2) is 18.6 Å². The molecule has 0 fully saturated rings. The predicted molar refractivity (Wildman–Crippen MR) is 79.0 cm³/mol. The average Bonchev–Trinajstić information content (AvgIpc) is 2.79. The highest BCUT2D eigenvalue weighted by Crippen LogP contribution is 2.28. The first-order valence-electron chi connectivity index (χ1n) is 6.69. The first-order chi connectivity index (χ1) is 11.3. The van der Waals surface area contributed by atoms with Gasteiger partial charge in [-0.15, -0.1) is 0 Å². The van der Waals surface area contributed by atoms with E-state index in [-0.39, 0.29) is 5.96 Å². The van der Waals surface area contributed by atoms with Crippen LogP contribution in [0.15, 0.2) is 35.2 Å². The normalized spacial score (nSPS) is 16.5. The molecule has 6 nitrogen and oxygen atoms in total. The van der Waals surface area contributed by atoms with E-state index in [0.717, 1.165) is 16.0 Å². The van der Waals surface area contributed by atoms with Crippen molar-refractivity contribution in [3.05, 3.63) is 41.4 Å². The van der Waals surface area contributed by atoms with E-state index in [1.54, 1.807) is 18.2 Å². The van der Waals surface area contributed by atoms with Crippen molar-refractivity contribution >= 4 is 29.4 Å². The van der Waals surface area contributed by atoms with Crippen LogP contribution in [0.2, 0.25) is 0 Å². The monoisotopic (exact) mass is 339 g/mol. The number of carbonyl (C=O) groups is 3. The van der Waals surface area contributed by atoms with Gasteiger partial charge in [0, 0.05) is 0 Å². The average molecular weight is 339 g/mol. The highest BCUT2D eigenvalue weighted by molar-refractivity contribution is 6.47. The molecule has 2 heterocycles. The maximum absolute atomic E-state index is 13.7. The number of hydrogen-bond donors (Lipinski definition) is 0. The molecular formula is C15H12F3N3O3. The van der Waals surface area contributed by atoms with Crippen LogP contribution in [0.25, 0.3) is 0 Å². The van der Waals surface area contributed by atoms with Crippen LogP contribution in [-0.4, -0.2) is 35.5 Å². The minimum absolute atomic E-state index is 0.321. The van der Waals surface area contributed by atoms with Crippen LogP contribution in [0.3, 0.4) is 0 Å². The lowest BCUT2D eigenvalue weighted by Gasteiger charge is -2.29. The highest BCUT2D eigenvalue weighted by Gasteiger charge is 2.44. The van der Waals surface area contributed by atoms with Crippen molar-refractivity contribution in [1.82, 2.24) is 4.90 Å². The molecule has 3 rings (SSSR count). The summed E-state index contributed by atoms with van der Waals surface area (Å²) in [7, 11) is 0. The molecule has 0 atom stereocenters. The third kappa shape index (κ3) is 2.92. The van der Waals surface area contributed by atoms with Gasteiger partial charge in [0.2, 0.25) is 18.8 Å². The molecule has 0 spiro atoms. The summed E-state index contributed by atoms with van der Waals surface area (Å²) < 4.78 is 33.0. The Hall–Kier alpha value is -2.97. The Kier molecular flexibility index (Phi) is 4.82. The zero-order valence-corrected chi connectivity index (χ0v) is 12.7. The van der Waals surface area contributed by atoms with E-state index in [0.29, 0.717) is 16.7 Å². The third-order valence-corrected chi connectivity index (χ3v) is 3.41. The highest BCUT2D eigenvalue weighted by atomic mass is 19.3. The second-order valence-electron chi connectivity index (χ2n) is 4.87. The number of anilines is 1.